The minimum absolute atomic E-state index is 0.288. The fourth-order valence-electron chi connectivity index (χ4n) is 1.60. The highest BCUT2D eigenvalue weighted by Crippen LogP contribution is 2.12. The van der Waals surface area contributed by atoms with Gasteiger partial charge in [0.15, 0.2) is 6.04 Å². The number of ether oxygens (including phenoxy) is 2. The molecule has 1 rings (SSSR count). The van der Waals surface area contributed by atoms with E-state index in [0.29, 0.717) is 25.4 Å². The zero-order valence-corrected chi connectivity index (χ0v) is 11.9. The Morgan fingerprint density at radius 3 is 2.52 bits per heavy atom. The largest absolute Gasteiger partial charge is 0.479 e. The van der Waals surface area contributed by atoms with Gasteiger partial charge in [-0.25, -0.2) is 9.59 Å². The van der Waals surface area contributed by atoms with Gasteiger partial charge in [-0.1, -0.05) is 30.3 Å². The number of amides is 2. The van der Waals surface area contributed by atoms with Gasteiger partial charge in [0.05, 0.1) is 19.8 Å². The van der Waals surface area contributed by atoms with Crippen LogP contribution in [0.1, 0.15) is 11.6 Å². The topological polar surface area (TPSA) is 96.9 Å². The van der Waals surface area contributed by atoms with Gasteiger partial charge in [-0.2, -0.15) is 0 Å². The number of benzene rings is 1. The van der Waals surface area contributed by atoms with Crippen LogP contribution in [0.15, 0.2) is 30.3 Å². The van der Waals surface area contributed by atoms with Crippen molar-refractivity contribution in [1.82, 2.24) is 10.6 Å². The number of urea groups is 1. The van der Waals surface area contributed by atoms with Crippen molar-refractivity contribution in [2.24, 2.45) is 0 Å². The standard InChI is InChI=1S/C14H20N2O5/c1-20-9-10-21-8-7-15-14(19)16-12(13(17)18)11-5-3-2-4-6-11/h2-6,12H,7-10H2,1H3,(H,17,18)(H2,15,16,19). The number of carboxylic acid groups (broad SMARTS) is 1. The summed E-state index contributed by atoms with van der Waals surface area (Å²) in [6.45, 7) is 1.55. The van der Waals surface area contributed by atoms with E-state index in [-0.39, 0.29) is 6.54 Å². The highest BCUT2D eigenvalue weighted by Gasteiger charge is 2.21. The van der Waals surface area contributed by atoms with E-state index in [1.165, 1.54) is 0 Å². The molecule has 116 valence electrons. The van der Waals surface area contributed by atoms with Gasteiger partial charge in [0.1, 0.15) is 0 Å². The minimum Gasteiger partial charge on any atom is -0.479 e. The highest BCUT2D eigenvalue weighted by atomic mass is 16.5. The zero-order valence-electron chi connectivity index (χ0n) is 11.9. The third-order valence-corrected chi connectivity index (χ3v) is 2.62. The summed E-state index contributed by atoms with van der Waals surface area (Å²) in [5.74, 6) is -1.12. The highest BCUT2D eigenvalue weighted by molar-refractivity contribution is 5.83. The fraction of sp³-hybridized carbons (Fsp3) is 0.429. The second kappa shape index (κ2) is 9.73. The summed E-state index contributed by atoms with van der Waals surface area (Å²) in [5.41, 5.74) is 0.511. The van der Waals surface area contributed by atoms with E-state index in [4.69, 9.17) is 14.6 Å². The van der Waals surface area contributed by atoms with Crippen molar-refractivity contribution in [1.29, 1.82) is 0 Å². The summed E-state index contributed by atoms with van der Waals surface area (Å²) in [7, 11) is 1.57. The van der Waals surface area contributed by atoms with E-state index in [2.05, 4.69) is 10.6 Å². The maximum atomic E-state index is 11.7. The third kappa shape index (κ3) is 6.73. The van der Waals surface area contributed by atoms with Gasteiger partial charge in [0.25, 0.3) is 0 Å². The summed E-state index contributed by atoms with van der Waals surface area (Å²) in [5, 5.41) is 14.1. The predicted octanol–water partition coefficient (Wildman–Crippen LogP) is 0.775. The summed E-state index contributed by atoms with van der Waals surface area (Å²) < 4.78 is 9.99. The van der Waals surface area contributed by atoms with Crippen LogP contribution in [0.3, 0.4) is 0 Å². The fourth-order valence-corrected chi connectivity index (χ4v) is 1.60. The van der Waals surface area contributed by atoms with Crippen LogP contribution in [0.2, 0.25) is 0 Å². The molecule has 0 spiro atoms. The molecular formula is C14H20N2O5. The molecule has 0 bridgehead atoms. The Morgan fingerprint density at radius 1 is 1.19 bits per heavy atom. The molecule has 7 nitrogen and oxygen atoms in total. The van der Waals surface area contributed by atoms with Gasteiger partial charge in [-0.15, -0.1) is 0 Å². The quantitative estimate of drug-likeness (QED) is 0.585. The SMILES string of the molecule is COCCOCCNC(=O)NC(C(=O)O)c1ccccc1. The smallest absolute Gasteiger partial charge is 0.330 e. The lowest BCUT2D eigenvalue weighted by Gasteiger charge is -2.15. The second-order valence-electron chi connectivity index (χ2n) is 4.19. The molecule has 2 amide bonds. The van der Waals surface area contributed by atoms with Crippen LogP contribution < -0.4 is 10.6 Å². The third-order valence-electron chi connectivity index (χ3n) is 2.62. The average molecular weight is 296 g/mol. The van der Waals surface area contributed by atoms with Crippen LogP contribution in [0.4, 0.5) is 4.79 Å². The molecule has 1 atom stereocenters. The number of carbonyl (C=O) groups excluding carboxylic acids is 1. The average Bonchev–Trinajstić information content (AvgIpc) is 2.49. The summed E-state index contributed by atoms with van der Waals surface area (Å²) in [6, 6.07) is 6.87. The normalized spacial score (nSPS) is 11.7. The molecule has 0 radical (unpaired) electrons. The van der Waals surface area contributed by atoms with Crippen LogP contribution in [-0.4, -0.2) is 50.6 Å². The van der Waals surface area contributed by atoms with Crippen molar-refractivity contribution < 1.29 is 24.2 Å². The molecular weight excluding hydrogens is 276 g/mol. The first-order valence-electron chi connectivity index (χ1n) is 6.54. The van der Waals surface area contributed by atoms with Crippen molar-refractivity contribution in [3.05, 3.63) is 35.9 Å². The number of hydrogen-bond acceptors (Lipinski definition) is 4. The number of carboxylic acids is 1. The van der Waals surface area contributed by atoms with Gasteiger partial charge in [0, 0.05) is 13.7 Å². The monoisotopic (exact) mass is 296 g/mol. The van der Waals surface area contributed by atoms with E-state index in [1.807, 2.05) is 0 Å². The van der Waals surface area contributed by atoms with Crippen LogP contribution >= 0.6 is 0 Å². The number of nitrogens with one attached hydrogen (secondary N) is 2. The molecule has 1 aromatic rings. The Hall–Kier alpha value is -2.12. The van der Waals surface area contributed by atoms with E-state index in [0.717, 1.165) is 0 Å². The van der Waals surface area contributed by atoms with Crippen molar-refractivity contribution in [3.63, 3.8) is 0 Å². The molecule has 0 fully saturated rings. The maximum absolute atomic E-state index is 11.7. The molecule has 0 saturated heterocycles. The molecule has 1 unspecified atom stereocenters. The van der Waals surface area contributed by atoms with Gasteiger partial charge in [-0.05, 0) is 5.56 Å². The van der Waals surface area contributed by atoms with Gasteiger partial charge in [0.2, 0.25) is 0 Å². The van der Waals surface area contributed by atoms with Gasteiger partial charge < -0.3 is 25.2 Å². The van der Waals surface area contributed by atoms with Crippen LogP contribution in [0.5, 0.6) is 0 Å². The Labute approximate surface area is 123 Å². The van der Waals surface area contributed by atoms with E-state index in [9.17, 15) is 9.59 Å². The molecule has 21 heavy (non-hydrogen) atoms. The van der Waals surface area contributed by atoms with Gasteiger partial charge >= 0.3 is 12.0 Å². The number of methoxy groups -OCH3 is 1. The predicted molar refractivity (Wildman–Crippen MR) is 76.0 cm³/mol. The number of rotatable bonds is 9. The van der Waals surface area contributed by atoms with Crippen molar-refractivity contribution in [2.75, 3.05) is 33.5 Å². The van der Waals surface area contributed by atoms with Crippen molar-refractivity contribution >= 4 is 12.0 Å². The van der Waals surface area contributed by atoms with E-state index >= 15 is 0 Å². The Balaban J connectivity index is 2.35. The summed E-state index contributed by atoms with van der Waals surface area (Å²) in [6.07, 6.45) is 0. The molecule has 0 aromatic heterocycles. The van der Waals surface area contributed by atoms with Crippen LogP contribution in [-0.2, 0) is 14.3 Å². The molecule has 1 aromatic carbocycles. The first kappa shape index (κ1) is 16.9. The number of aliphatic carboxylic acids is 1. The van der Waals surface area contributed by atoms with Gasteiger partial charge in [-0.3, -0.25) is 0 Å². The minimum atomic E-state index is -1.12. The Morgan fingerprint density at radius 2 is 1.90 bits per heavy atom. The molecule has 3 N–H and O–H groups in total. The van der Waals surface area contributed by atoms with Crippen molar-refractivity contribution in [2.45, 2.75) is 6.04 Å². The number of carbonyl (C=O) groups is 2. The van der Waals surface area contributed by atoms with Crippen LogP contribution in [0, 0.1) is 0 Å². The molecule has 7 heteroatoms. The summed E-state index contributed by atoms with van der Waals surface area (Å²) in [4.78, 5) is 22.9. The first-order chi connectivity index (χ1) is 10.1. The lowest BCUT2D eigenvalue weighted by Crippen LogP contribution is -2.42. The molecule has 0 saturated carbocycles. The molecule has 0 aliphatic rings. The molecule has 0 aliphatic heterocycles. The van der Waals surface area contributed by atoms with Crippen molar-refractivity contribution in [3.8, 4) is 0 Å². The molecule has 0 aliphatic carbocycles. The maximum Gasteiger partial charge on any atom is 0.330 e. The lowest BCUT2D eigenvalue weighted by molar-refractivity contribution is -0.139. The number of hydrogen-bond donors (Lipinski definition) is 3. The second-order valence-corrected chi connectivity index (χ2v) is 4.19. The zero-order chi connectivity index (χ0) is 15.5. The Bertz CT molecular complexity index is 438. The van der Waals surface area contributed by atoms with E-state index in [1.54, 1.807) is 37.4 Å². The molecule has 0 heterocycles. The summed E-state index contributed by atoms with van der Waals surface area (Å²) >= 11 is 0. The first-order valence-corrected chi connectivity index (χ1v) is 6.54. The lowest BCUT2D eigenvalue weighted by atomic mass is 10.1. The Kier molecular flexibility index (Phi) is 7.85. The van der Waals surface area contributed by atoms with E-state index < -0.39 is 18.0 Å². The van der Waals surface area contributed by atoms with Crippen LogP contribution in [0.25, 0.3) is 0 Å².